The van der Waals surface area contributed by atoms with Crippen LogP contribution in [-0.4, -0.2) is 43.6 Å². The molecule has 20 heavy (non-hydrogen) atoms. The zero-order chi connectivity index (χ0) is 15.0. The van der Waals surface area contributed by atoms with Gasteiger partial charge in [0, 0.05) is 17.5 Å². The topological polar surface area (TPSA) is 93.0 Å². The summed E-state index contributed by atoms with van der Waals surface area (Å²) in [5.74, 6) is -1.28. The van der Waals surface area contributed by atoms with Gasteiger partial charge >= 0.3 is 0 Å². The van der Waals surface area contributed by atoms with Gasteiger partial charge in [-0.1, -0.05) is 6.07 Å². The lowest BCUT2D eigenvalue weighted by atomic mass is 9.92. The van der Waals surface area contributed by atoms with E-state index < -0.39 is 29.0 Å². The average molecular weight is 295 g/mol. The molecule has 0 bridgehead atoms. The van der Waals surface area contributed by atoms with Crippen molar-refractivity contribution < 1.29 is 18.7 Å². The fraction of sp³-hybridized carbons (Fsp3) is 0.385. The first-order valence-corrected chi connectivity index (χ1v) is 7.10. The van der Waals surface area contributed by atoms with Crippen molar-refractivity contribution in [2.75, 3.05) is 7.05 Å². The Labute approximate surface area is 119 Å². The number of aryl methyl sites for hydroxylation is 1. The molecule has 0 saturated carbocycles. The zero-order valence-corrected chi connectivity index (χ0v) is 12.2. The van der Waals surface area contributed by atoms with Crippen LogP contribution in [0.4, 0.5) is 0 Å². The maximum absolute atomic E-state index is 12.5. The van der Waals surface area contributed by atoms with E-state index in [0.29, 0.717) is 5.71 Å². The molecular formula is C13H15N2O4S-. The van der Waals surface area contributed by atoms with Gasteiger partial charge in [0.2, 0.25) is 0 Å². The van der Waals surface area contributed by atoms with E-state index in [1.54, 1.807) is 27.0 Å². The number of hydrogen-bond donors (Lipinski definition) is 1. The van der Waals surface area contributed by atoms with Crippen LogP contribution in [0.2, 0.25) is 0 Å². The first kappa shape index (κ1) is 14.8. The quantitative estimate of drug-likeness (QED) is 0.653. The molecule has 7 heteroatoms. The van der Waals surface area contributed by atoms with Crippen LogP contribution < -0.4 is 0 Å². The molecule has 0 aliphatic carbocycles. The smallest absolute Gasteiger partial charge is 0.177 e. The van der Waals surface area contributed by atoms with E-state index >= 15 is 0 Å². The molecule has 6 nitrogen and oxygen atoms in total. The number of carbonyl (C=O) groups is 1. The Balaban J connectivity index is 2.45. The van der Waals surface area contributed by atoms with Gasteiger partial charge in [0.05, 0.1) is 5.71 Å². The number of hydrogen-bond acceptors (Lipinski definition) is 6. The Bertz CT molecular complexity index is 614. The number of Topliss-reactive ketones (excluding diaryl/α,β-unsaturated/α-hetero) is 1. The molecule has 1 aliphatic heterocycles. The summed E-state index contributed by atoms with van der Waals surface area (Å²) in [5, 5.41) is 15.3. The van der Waals surface area contributed by atoms with Gasteiger partial charge in [-0.3, -0.25) is 14.0 Å². The molecule has 1 aromatic rings. The molecule has 0 radical (unpaired) electrons. The van der Waals surface area contributed by atoms with E-state index in [1.807, 2.05) is 0 Å². The second kappa shape index (κ2) is 5.43. The molecule has 1 heterocycles. The maximum Gasteiger partial charge on any atom is 0.177 e. The maximum atomic E-state index is 12.5. The Kier molecular flexibility index (Phi) is 4.03. The van der Waals surface area contributed by atoms with Gasteiger partial charge in [-0.2, -0.15) is 5.10 Å². The highest BCUT2D eigenvalue weighted by atomic mass is 32.2. The molecule has 3 unspecified atom stereocenters. The van der Waals surface area contributed by atoms with Crippen LogP contribution >= 0.6 is 0 Å². The SMILES string of the molecule is CC1=NN(C)C(O)C1C(=O)c1ccc(C)cc1S(=O)[O-]. The third kappa shape index (κ3) is 2.52. The Morgan fingerprint density at radius 2 is 2.10 bits per heavy atom. The van der Waals surface area contributed by atoms with E-state index in [9.17, 15) is 18.7 Å². The highest BCUT2D eigenvalue weighted by Gasteiger charge is 2.38. The molecule has 1 aliphatic rings. The van der Waals surface area contributed by atoms with E-state index in [4.69, 9.17) is 0 Å². The summed E-state index contributed by atoms with van der Waals surface area (Å²) < 4.78 is 22.5. The normalized spacial score (nSPS) is 23.6. The molecular weight excluding hydrogens is 280 g/mol. The average Bonchev–Trinajstić information content (AvgIpc) is 2.62. The van der Waals surface area contributed by atoms with Crippen molar-refractivity contribution >= 4 is 22.6 Å². The lowest BCUT2D eigenvalue weighted by molar-refractivity contribution is 0.0163. The van der Waals surface area contributed by atoms with Crippen molar-refractivity contribution in [3.63, 3.8) is 0 Å². The molecule has 1 N–H and O–H groups in total. The first-order valence-electron chi connectivity index (χ1n) is 6.03. The number of benzene rings is 1. The number of hydrazone groups is 1. The number of rotatable bonds is 3. The predicted molar refractivity (Wildman–Crippen MR) is 73.1 cm³/mol. The van der Waals surface area contributed by atoms with Gasteiger partial charge in [-0.15, -0.1) is 0 Å². The van der Waals surface area contributed by atoms with Gasteiger partial charge < -0.3 is 9.66 Å². The minimum absolute atomic E-state index is 0.0513. The van der Waals surface area contributed by atoms with Crippen LogP contribution in [0.3, 0.4) is 0 Å². The van der Waals surface area contributed by atoms with Crippen molar-refractivity contribution in [1.82, 2.24) is 5.01 Å². The summed E-state index contributed by atoms with van der Waals surface area (Å²) >= 11 is -2.51. The monoisotopic (exact) mass is 295 g/mol. The van der Waals surface area contributed by atoms with Crippen LogP contribution in [0.15, 0.2) is 28.2 Å². The Hall–Kier alpha value is -1.57. The predicted octanol–water partition coefficient (Wildman–Crippen LogP) is 0.672. The largest absolute Gasteiger partial charge is 0.768 e. The first-order chi connectivity index (χ1) is 9.32. The zero-order valence-electron chi connectivity index (χ0n) is 11.4. The molecule has 0 fully saturated rings. The number of carbonyl (C=O) groups excluding carboxylic acids is 1. The summed E-state index contributed by atoms with van der Waals surface area (Å²) in [5.41, 5.74) is 1.29. The van der Waals surface area contributed by atoms with E-state index in [1.165, 1.54) is 17.1 Å². The fourth-order valence-corrected chi connectivity index (χ4v) is 2.90. The van der Waals surface area contributed by atoms with Crippen molar-refractivity contribution in [3.05, 3.63) is 29.3 Å². The van der Waals surface area contributed by atoms with Crippen LogP contribution in [0.5, 0.6) is 0 Å². The summed E-state index contributed by atoms with van der Waals surface area (Å²) in [6.07, 6.45) is -1.07. The summed E-state index contributed by atoms with van der Waals surface area (Å²) in [7, 11) is 1.56. The van der Waals surface area contributed by atoms with Crippen molar-refractivity contribution in [3.8, 4) is 0 Å². The molecule has 0 amide bonds. The van der Waals surface area contributed by atoms with Crippen LogP contribution in [-0.2, 0) is 11.1 Å². The van der Waals surface area contributed by atoms with Crippen molar-refractivity contribution in [1.29, 1.82) is 0 Å². The lowest BCUT2D eigenvalue weighted by Gasteiger charge is -2.20. The highest BCUT2D eigenvalue weighted by Crippen LogP contribution is 2.26. The Morgan fingerprint density at radius 1 is 1.45 bits per heavy atom. The number of aliphatic hydroxyl groups excluding tert-OH is 1. The summed E-state index contributed by atoms with van der Waals surface area (Å²) in [6.45, 7) is 3.38. The van der Waals surface area contributed by atoms with Crippen molar-refractivity contribution in [2.24, 2.45) is 11.0 Å². The van der Waals surface area contributed by atoms with Crippen LogP contribution in [0, 0.1) is 12.8 Å². The van der Waals surface area contributed by atoms with E-state index in [2.05, 4.69) is 5.10 Å². The second-order valence-electron chi connectivity index (χ2n) is 4.80. The molecule has 1 aromatic carbocycles. The minimum atomic E-state index is -2.51. The molecule has 0 aromatic heterocycles. The van der Waals surface area contributed by atoms with Gasteiger partial charge in [-0.25, -0.2) is 0 Å². The van der Waals surface area contributed by atoms with E-state index in [0.717, 1.165) is 5.56 Å². The van der Waals surface area contributed by atoms with E-state index in [-0.39, 0.29) is 10.5 Å². The third-order valence-corrected chi connectivity index (χ3v) is 4.01. The Morgan fingerprint density at radius 3 is 2.60 bits per heavy atom. The van der Waals surface area contributed by atoms with Crippen LogP contribution in [0.1, 0.15) is 22.8 Å². The molecule has 108 valence electrons. The number of ketones is 1. The van der Waals surface area contributed by atoms with Crippen LogP contribution in [0.25, 0.3) is 0 Å². The molecule has 2 rings (SSSR count). The van der Waals surface area contributed by atoms with Gasteiger partial charge in [0.15, 0.2) is 12.0 Å². The molecule has 0 saturated heterocycles. The number of aliphatic hydroxyl groups is 1. The highest BCUT2D eigenvalue weighted by molar-refractivity contribution is 7.79. The second-order valence-corrected chi connectivity index (χ2v) is 5.71. The van der Waals surface area contributed by atoms with Gasteiger partial charge in [-0.05, 0) is 42.6 Å². The summed E-state index contributed by atoms with van der Waals surface area (Å²) in [4.78, 5) is 12.5. The molecule has 0 spiro atoms. The minimum Gasteiger partial charge on any atom is -0.768 e. The van der Waals surface area contributed by atoms with Gasteiger partial charge in [0.1, 0.15) is 5.92 Å². The molecule has 3 atom stereocenters. The lowest BCUT2D eigenvalue weighted by Crippen LogP contribution is -2.36. The fourth-order valence-electron chi connectivity index (χ4n) is 2.27. The summed E-state index contributed by atoms with van der Waals surface area (Å²) in [6, 6.07) is 4.58. The van der Waals surface area contributed by atoms with Crippen molar-refractivity contribution in [2.45, 2.75) is 25.0 Å². The van der Waals surface area contributed by atoms with Gasteiger partial charge in [0.25, 0.3) is 0 Å². The standard InChI is InChI=1S/C13H16N2O4S/c1-7-4-5-9(10(6-7)20(18)19)12(16)11-8(2)14-15(3)13(11)17/h4-6,11,13,17H,1-3H3,(H,18,19)/p-1. The number of nitrogens with zero attached hydrogens (tertiary/aromatic N) is 2. The third-order valence-electron chi connectivity index (χ3n) is 3.31.